The van der Waals surface area contributed by atoms with Gasteiger partial charge >= 0.3 is 178 Å². The standard InChI is InChI=1S/C16H16N3.2C4H9.Sn/c1-12(14-5-7-17-8-6-14)13(2)15-4-3-10-19-11-9-18-16(15)19;2*1-3-4-2;/h3-13H,1H2,2H3;2*1,3-4H2,2H3;. The van der Waals surface area contributed by atoms with Gasteiger partial charge in [0.15, 0.2) is 0 Å². The first-order valence-electron chi connectivity index (χ1n) is 10.9. The number of rotatable bonds is 11. The molecule has 0 saturated carbocycles. The molecule has 3 rings (SSSR count). The zero-order chi connectivity index (χ0) is 19.8. The molecule has 4 heteroatoms. The van der Waals surface area contributed by atoms with Gasteiger partial charge in [-0.15, -0.1) is 0 Å². The maximum atomic E-state index is 4.66. The van der Waals surface area contributed by atoms with Gasteiger partial charge in [-0.25, -0.2) is 0 Å². The predicted octanol–water partition coefficient (Wildman–Crippen LogP) is 6.71. The molecule has 0 aliphatic rings. The van der Waals surface area contributed by atoms with Gasteiger partial charge in [0.05, 0.1) is 0 Å². The van der Waals surface area contributed by atoms with Gasteiger partial charge in [0.1, 0.15) is 0 Å². The van der Waals surface area contributed by atoms with Crippen LogP contribution in [0.3, 0.4) is 0 Å². The molecule has 0 N–H and O–H groups in total. The average molecular weight is 483 g/mol. The topological polar surface area (TPSA) is 30.2 Å². The third-order valence-electron chi connectivity index (χ3n) is 5.95. The van der Waals surface area contributed by atoms with Gasteiger partial charge in [-0.3, -0.25) is 0 Å². The van der Waals surface area contributed by atoms with Crippen LogP contribution in [-0.2, 0) is 0 Å². The number of fused-ring (bicyclic) bond motifs is 1. The summed E-state index contributed by atoms with van der Waals surface area (Å²) in [7, 11) is 0. The van der Waals surface area contributed by atoms with E-state index in [-0.39, 0.29) is 0 Å². The third-order valence-corrected chi connectivity index (χ3v) is 14.9. The van der Waals surface area contributed by atoms with Crippen molar-refractivity contribution in [1.29, 1.82) is 0 Å². The zero-order valence-electron chi connectivity index (χ0n) is 17.6. The Morgan fingerprint density at radius 1 is 0.964 bits per heavy atom. The molecule has 0 aliphatic carbocycles. The molecule has 3 heterocycles. The monoisotopic (exact) mass is 484 g/mol. The van der Waals surface area contributed by atoms with E-state index in [9.17, 15) is 0 Å². The van der Waals surface area contributed by atoms with Crippen LogP contribution in [0, 0.1) is 0 Å². The number of imidazole rings is 1. The van der Waals surface area contributed by atoms with Crippen LogP contribution in [0.4, 0.5) is 0 Å². The Bertz CT molecular complexity index is 822. The van der Waals surface area contributed by atoms with Crippen molar-refractivity contribution in [3.8, 4) is 0 Å². The normalized spacial score (nSPS) is 13.9. The van der Waals surface area contributed by atoms with Gasteiger partial charge in [0.2, 0.25) is 0 Å². The first-order chi connectivity index (χ1) is 13.7. The van der Waals surface area contributed by atoms with E-state index in [0.717, 1.165) is 5.65 Å². The first kappa shape index (κ1) is 21.4. The number of nitrogens with zero attached hydrogens (tertiary/aromatic N) is 3. The Morgan fingerprint density at radius 3 is 2.36 bits per heavy atom. The summed E-state index contributed by atoms with van der Waals surface area (Å²) < 4.78 is 6.68. The van der Waals surface area contributed by atoms with Crippen molar-refractivity contribution in [3.63, 3.8) is 0 Å². The fourth-order valence-corrected chi connectivity index (χ4v) is 14.4. The van der Waals surface area contributed by atoms with Crippen molar-refractivity contribution in [2.45, 2.75) is 71.6 Å². The molecule has 0 fully saturated rings. The Balaban J connectivity index is 1.91. The number of pyridine rings is 2. The number of hydrogen-bond acceptors (Lipinski definition) is 2. The molecule has 28 heavy (non-hydrogen) atoms. The van der Waals surface area contributed by atoms with Crippen LogP contribution in [0.1, 0.15) is 69.4 Å². The van der Waals surface area contributed by atoms with Crippen molar-refractivity contribution in [3.05, 3.63) is 66.4 Å². The van der Waals surface area contributed by atoms with Gasteiger partial charge in [0, 0.05) is 0 Å². The summed E-state index contributed by atoms with van der Waals surface area (Å²) in [4.78, 5) is 8.94. The van der Waals surface area contributed by atoms with Crippen LogP contribution in [0.15, 0.2) is 55.2 Å². The summed E-state index contributed by atoms with van der Waals surface area (Å²) in [6.45, 7) is 7.08. The van der Waals surface area contributed by atoms with Crippen LogP contribution in [0.25, 0.3) is 5.65 Å². The van der Waals surface area contributed by atoms with Gasteiger partial charge in [-0.1, -0.05) is 0 Å². The van der Waals surface area contributed by atoms with E-state index in [1.54, 1.807) is 8.87 Å². The van der Waals surface area contributed by atoms with E-state index in [0.29, 0.717) is 11.8 Å². The van der Waals surface area contributed by atoms with E-state index < -0.39 is 19.8 Å². The van der Waals surface area contributed by atoms with Crippen molar-refractivity contribution >= 4 is 25.4 Å². The van der Waals surface area contributed by atoms with E-state index in [1.165, 1.54) is 41.2 Å². The zero-order valence-corrected chi connectivity index (χ0v) is 20.5. The molecule has 3 nitrogen and oxygen atoms in total. The summed E-state index contributed by atoms with van der Waals surface area (Å²) in [6.07, 6.45) is 15.5. The average Bonchev–Trinajstić information content (AvgIpc) is 3.22. The molecule has 3 aromatic rings. The SMILES string of the molecule is CCC[CH2][Sn]([CH2]CCC)[CH2]C(c1ccncc1)C(C)c1cccn2ccnc12. The molecule has 0 spiro atoms. The minimum absolute atomic E-state index is 0.465. The maximum absolute atomic E-state index is 4.66. The summed E-state index contributed by atoms with van der Waals surface area (Å²) in [5.74, 6) is 1.04. The summed E-state index contributed by atoms with van der Waals surface area (Å²) in [6, 6.07) is 8.93. The van der Waals surface area contributed by atoms with E-state index >= 15 is 0 Å². The van der Waals surface area contributed by atoms with Crippen molar-refractivity contribution in [2.75, 3.05) is 0 Å². The van der Waals surface area contributed by atoms with Gasteiger partial charge in [-0.2, -0.15) is 0 Å². The molecule has 2 unspecified atom stereocenters. The van der Waals surface area contributed by atoms with Crippen LogP contribution in [-0.4, -0.2) is 34.1 Å². The Hall–Kier alpha value is -1.36. The molecule has 0 aromatic carbocycles. The fraction of sp³-hybridized carbons (Fsp3) is 0.500. The Morgan fingerprint density at radius 2 is 1.68 bits per heavy atom. The number of hydrogen-bond donors (Lipinski definition) is 0. The third kappa shape index (κ3) is 5.37. The first-order valence-corrected chi connectivity index (χ1v) is 16.9. The molecular formula is C24H34N3Sn. The van der Waals surface area contributed by atoms with Crippen molar-refractivity contribution in [1.82, 2.24) is 14.4 Å². The Kier molecular flexibility index (Phi) is 8.38. The second-order valence-corrected chi connectivity index (χ2v) is 16.3. The van der Waals surface area contributed by atoms with Crippen LogP contribution in [0.2, 0.25) is 13.3 Å². The van der Waals surface area contributed by atoms with Crippen molar-refractivity contribution < 1.29 is 0 Å². The molecule has 0 saturated heterocycles. The molecular weight excluding hydrogens is 449 g/mol. The van der Waals surface area contributed by atoms with Crippen molar-refractivity contribution in [2.24, 2.45) is 0 Å². The van der Waals surface area contributed by atoms with Gasteiger partial charge in [-0.05, 0) is 0 Å². The number of unbranched alkanes of at least 4 members (excludes halogenated alkanes) is 2. The minimum atomic E-state index is -1.42. The van der Waals surface area contributed by atoms with Crippen LogP contribution < -0.4 is 0 Å². The van der Waals surface area contributed by atoms with Crippen LogP contribution >= 0.6 is 0 Å². The number of aromatic nitrogens is 3. The summed E-state index contributed by atoms with van der Waals surface area (Å²) in [5.41, 5.74) is 3.95. The summed E-state index contributed by atoms with van der Waals surface area (Å²) in [5, 5.41) is 0. The molecule has 1 radical (unpaired) electrons. The van der Waals surface area contributed by atoms with Gasteiger partial charge in [0.25, 0.3) is 0 Å². The van der Waals surface area contributed by atoms with E-state index in [2.05, 4.69) is 71.8 Å². The second-order valence-electron chi connectivity index (χ2n) is 7.96. The molecule has 0 bridgehead atoms. The van der Waals surface area contributed by atoms with Gasteiger partial charge < -0.3 is 0 Å². The molecule has 0 amide bonds. The molecule has 3 aromatic heterocycles. The molecule has 149 valence electrons. The molecule has 0 aliphatic heterocycles. The Labute approximate surface area is 177 Å². The van der Waals surface area contributed by atoms with E-state index in [1.807, 2.05) is 18.6 Å². The molecule has 2 atom stereocenters. The quantitative estimate of drug-likeness (QED) is 0.284. The van der Waals surface area contributed by atoms with Crippen LogP contribution in [0.5, 0.6) is 0 Å². The fourth-order valence-electron chi connectivity index (χ4n) is 4.23. The van der Waals surface area contributed by atoms with E-state index in [4.69, 9.17) is 0 Å². The second kappa shape index (κ2) is 11.0. The summed E-state index contributed by atoms with van der Waals surface area (Å²) >= 11 is -1.42. The predicted molar refractivity (Wildman–Crippen MR) is 121 cm³/mol.